The predicted octanol–water partition coefficient (Wildman–Crippen LogP) is 0.424. The van der Waals surface area contributed by atoms with E-state index >= 15 is 0 Å². The molecule has 1 aliphatic rings. The molecule has 0 aromatic heterocycles. The summed E-state index contributed by atoms with van der Waals surface area (Å²) in [6.07, 6.45) is 0.952. The number of carbonyl (C=O) groups is 2. The average molecular weight is 328 g/mol. The van der Waals surface area contributed by atoms with E-state index in [4.69, 9.17) is 4.74 Å². The van der Waals surface area contributed by atoms with Gasteiger partial charge in [0.25, 0.3) is 5.91 Å². The molecule has 0 aliphatic carbocycles. The second-order valence-electron chi connectivity index (χ2n) is 5.03. The summed E-state index contributed by atoms with van der Waals surface area (Å²) in [4.78, 5) is 25.3. The molecular weight excluding hydrogens is 306 g/mol. The van der Waals surface area contributed by atoms with Crippen LogP contribution < -0.4 is 15.4 Å². The van der Waals surface area contributed by atoms with Gasteiger partial charge in [-0.05, 0) is 25.1 Å². The molecule has 22 heavy (non-hydrogen) atoms. The molecule has 0 spiro atoms. The smallest absolute Gasteiger partial charge is 0.258 e. The number of hydrogen-bond acceptors (Lipinski definition) is 4. The van der Waals surface area contributed by atoms with Crippen molar-refractivity contribution < 1.29 is 14.3 Å². The minimum Gasteiger partial charge on any atom is -0.484 e. The molecular formula is C15H22ClN3O3. The first-order valence-electron chi connectivity index (χ1n) is 7.08. The molecule has 1 saturated heterocycles. The first-order chi connectivity index (χ1) is 10.2. The molecule has 0 saturated carbocycles. The van der Waals surface area contributed by atoms with Crippen molar-refractivity contribution in [2.24, 2.45) is 0 Å². The van der Waals surface area contributed by atoms with Gasteiger partial charge in [0.1, 0.15) is 5.75 Å². The Labute approximate surface area is 136 Å². The zero-order valence-corrected chi connectivity index (χ0v) is 13.4. The largest absolute Gasteiger partial charge is 0.484 e. The normalized spacial score (nSPS) is 16.5. The number of benzene rings is 1. The van der Waals surface area contributed by atoms with Crippen LogP contribution in [0, 0.1) is 0 Å². The van der Waals surface area contributed by atoms with Crippen molar-refractivity contribution >= 4 is 24.2 Å². The Bertz CT molecular complexity index is 478. The van der Waals surface area contributed by atoms with Crippen LogP contribution in [0.1, 0.15) is 6.42 Å². The van der Waals surface area contributed by atoms with Gasteiger partial charge in [0.05, 0.1) is 6.54 Å². The molecule has 0 radical (unpaired) electrons. The van der Waals surface area contributed by atoms with E-state index in [0.717, 1.165) is 19.5 Å². The summed E-state index contributed by atoms with van der Waals surface area (Å²) < 4.78 is 5.31. The number of rotatable bonds is 6. The Morgan fingerprint density at radius 3 is 2.73 bits per heavy atom. The van der Waals surface area contributed by atoms with Gasteiger partial charge in [0.2, 0.25) is 5.91 Å². The van der Waals surface area contributed by atoms with Crippen molar-refractivity contribution in [3.05, 3.63) is 30.3 Å². The lowest BCUT2D eigenvalue weighted by Crippen LogP contribution is -2.44. The van der Waals surface area contributed by atoms with Crippen molar-refractivity contribution in [1.82, 2.24) is 15.5 Å². The van der Waals surface area contributed by atoms with E-state index in [2.05, 4.69) is 10.6 Å². The summed E-state index contributed by atoms with van der Waals surface area (Å²) in [6.45, 7) is 1.66. The Morgan fingerprint density at radius 2 is 2.09 bits per heavy atom. The van der Waals surface area contributed by atoms with E-state index in [1.165, 1.54) is 0 Å². The van der Waals surface area contributed by atoms with Crippen LogP contribution in [0.3, 0.4) is 0 Å². The van der Waals surface area contributed by atoms with Crippen LogP contribution in [-0.4, -0.2) is 56.0 Å². The van der Waals surface area contributed by atoms with Crippen LogP contribution >= 0.6 is 12.4 Å². The van der Waals surface area contributed by atoms with Crippen molar-refractivity contribution in [2.75, 3.05) is 33.3 Å². The number of halogens is 1. The molecule has 1 atom stereocenters. The first-order valence-corrected chi connectivity index (χ1v) is 7.08. The number of ether oxygens (including phenoxy) is 1. The molecule has 7 heteroatoms. The molecule has 2 rings (SSSR count). The number of hydrogen-bond donors (Lipinski definition) is 2. The fourth-order valence-corrected chi connectivity index (χ4v) is 2.19. The van der Waals surface area contributed by atoms with Crippen molar-refractivity contribution in [1.29, 1.82) is 0 Å². The number of nitrogens with zero attached hydrogens (tertiary/aromatic N) is 1. The number of amides is 2. The summed E-state index contributed by atoms with van der Waals surface area (Å²) in [5.74, 6) is 0.245. The molecule has 1 heterocycles. The lowest BCUT2D eigenvalue weighted by Gasteiger charge is -2.23. The number of carbonyl (C=O) groups excluding carboxylic acids is 2. The fourth-order valence-electron chi connectivity index (χ4n) is 2.19. The second-order valence-corrected chi connectivity index (χ2v) is 5.03. The molecule has 2 N–H and O–H groups in total. The van der Waals surface area contributed by atoms with Gasteiger partial charge in [-0.15, -0.1) is 12.4 Å². The van der Waals surface area contributed by atoms with Crippen LogP contribution in [-0.2, 0) is 9.59 Å². The van der Waals surface area contributed by atoms with E-state index in [1.54, 1.807) is 24.1 Å². The van der Waals surface area contributed by atoms with E-state index in [1.807, 2.05) is 18.2 Å². The molecule has 1 aromatic rings. The van der Waals surface area contributed by atoms with Crippen LogP contribution in [0.25, 0.3) is 0 Å². The number of nitrogens with one attached hydrogen (secondary N) is 2. The highest BCUT2D eigenvalue weighted by atomic mass is 35.5. The van der Waals surface area contributed by atoms with Crippen molar-refractivity contribution in [3.8, 4) is 5.75 Å². The number of para-hydroxylation sites is 1. The van der Waals surface area contributed by atoms with E-state index in [-0.39, 0.29) is 43.4 Å². The standard InChI is InChI=1S/C15H21N3O3.ClH/c1-18(12-7-8-16-9-12)15(20)10-17-14(19)11-21-13-5-3-2-4-6-13;/h2-6,12,16H,7-11H2,1H3,(H,17,19);1H. The number of likely N-dealkylation sites (N-methyl/N-ethyl adjacent to an activating group) is 1. The summed E-state index contributed by atoms with van der Waals surface area (Å²) in [5, 5.41) is 5.79. The maximum atomic E-state index is 12.0. The maximum absolute atomic E-state index is 12.0. The highest BCUT2D eigenvalue weighted by Crippen LogP contribution is 2.08. The summed E-state index contributed by atoms with van der Waals surface area (Å²) in [6, 6.07) is 9.32. The Hall–Kier alpha value is -1.79. The summed E-state index contributed by atoms with van der Waals surface area (Å²) >= 11 is 0. The molecule has 0 bridgehead atoms. The third-order valence-electron chi connectivity index (χ3n) is 3.53. The zero-order chi connectivity index (χ0) is 15.1. The summed E-state index contributed by atoms with van der Waals surface area (Å²) in [5.41, 5.74) is 0. The first kappa shape index (κ1) is 18.3. The summed E-state index contributed by atoms with van der Waals surface area (Å²) in [7, 11) is 1.77. The minimum absolute atomic E-state index is 0. The predicted molar refractivity (Wildman–Crippen MR) is 86.2 cm³/mol. The van der Waals surface area contributed by atoms with Gasteiger partial charge in [-0.1, -0.05) is 18.2 Å². The van der Waals surface area contributed by atoms with Gasteiger partial charge in [0, 0.05) is 19.6 Å². The van der Waals surface area contributed by atoms with Gasteiger partial charge in [-0.25, -0.2) is 0 Å². The quantitative estimate of drug-likeness (QED) is 0.794. The topological polar surface area (TPSA) is 70.7 Å². The SMILES string of the molecule is CN(C(=O)CNC(=O)COc1ccccc1)C1CCNC1.Cl. The Kier molecular flexibility index (Phi) is 7.70. The van der Waals surface area contributed by atoms with Crippen LogP contribution in [0.2, 0.25) is 0 Å². The molecule has 122 valence electrons. The van der Waals surface area contributed by atoms with Crippen molar-refractivity contribution in [3.63, 3.8) is 0 Å². The highest BCUT2D eigenvalue weighted by Gasteiger charge is 2.23. The van der Waals surface area contributed by atoms with Crippen molar-refractivity contribution in [2.45, 2.75) is 12.5 Å². The molecule has 6 nitrogen and oxygen atoms in total. The van der Waals surface area contributed by atoms with Crippen LogP contribution in [0.5, 0.6) is 5.75 Å². The highest BCUT2D eigenvalue weighted by molar-refractivity contribution is 5.85. The van der Waals surface area contributed by atoms with Gasteiger partial charge in [0.15, 0.2) is 6.61 Å². The minimum atomic E-state index is -0.301. The third-order valence-corrected chi connectivity index (χ3v) is 3.53. The Morgan fingerprint density at radius 1 is 1.36 bits per heavy atom. The molecule has 1 aromatic carbocycles. The van der Waals surface area contributed by atoms with Gasteiger partial charge in [-0.3, -0.25) is 9.59 Å². The van der Waals surface area contributed by atoms with E-state index < -0.39 is 0 Å². The lowest BCUT2D eigenvalue weighted by molar-refractivity contribution is -0.133. The fraction of sp³-hybridized carbons (Fsp3) is 0.467. The van der Waals surface area contributed by atoms with Gasteiger partial charge >= 0.3 is 0 Å². The average Bonchev–Trinajstić information content (AvgIpc) is 3.05. The van der Waals surface area contributed by atoms with Gasteiger partial charge < -0.3 is 20.3 Å². The Balaban J connectivity index is 0.00000242. The lowest BCUT2D eigenvalue weighted by atomic mass is 10.2. The molecule has 2 amide bonds. The van der Waals surface area contributed by atoms with E-state index in [0.29, 0.717) is 5.75 Å². The third kappa shape index (κ3) is 5.54. The van der Waals surface area contributed by atoms with Crippen LogP contribution in [0.4, 0.5) is 0 Å². The monoisotopic (exact) mass is 327 g/mol. The maximum Gasteiger partial charge on any atom is 0.258 e. The van der Waals surface area contributed by atoms with Gasteiger partial charge in [-0.2, -0.15) is 0 Å². The molecule has 1 unspecified atom stereocenters. The molecule has 1 fully saturated rings. The van der Waals surface area contributed by atoms with E-state index in [9.17, 15) is 9.59 Å². The molecule has 1 aliphatic heterocycles. The zero-order valence-electron chi connectivity index (χ0n) is 12.6. The van der Waals surface area contributed by atoms with Crippen LogP contribution in [0.15, 0.2) is 30.3 Å². The second kappa shape index (κ2) is 9.27.